The number of tetrazole rings is 1. The number of nitrogens with zero attached hydrogens (tertiary/aromatic N) is 7. The Bertz CT molecular complexity index is 1120. The molecular weight excluding hydrogens is 434 g/mol. The molecule has 5 rings (SSSR count). The van der Waals surface area contributed by atoms with Crippen molar-refractivity contribution in [3.05, 3.63) is 88.1 Å². The van der Waals surface area contributed by atoms with Crippen LogP contribution in [0, 0.1) is 0 Å². The molecule has 4 heterocycles. The Kier molecular flexibility index (Phi) is 6.71. The van der Waals surface area contributed by atoms with Crippen molar-refractivity contribution in [2.24, 2.45) is 0 Å². The molecule has 1 fully saturated rings. The molecule has 0 bridgehead atoms. The quantitative estimate of drug-likeness (QED) is 0.399. The first-order valence-corrected chi connectivity index (χ1v) is 12.0. The molecule has 33 heavy (non-hydrogen) atoms. The van der Waals surface area contributed by atoms with Gasteiger partial charge in [0, 0.05) is 50.0 Å². The first kappa shape index (κ1) is 21.7. The Hall–Kier alpha value is -3.14. The minimum absolute atomic E-state index is 0.0405. The van der Waals surface area contributed by atoms with E-state index in [1.165, 1.54) is 10.4 Å². The van der Waals surface area contributed by atoms with E-state index in [0.29, 0.717) is 6.54 Å². The number of benzene rings is 1. The molecule has 0 spiro atoms. The first-order chi connectivity index (χ1) is 16.3. The number of thiophene rings is 1. The van der Waals surface area contributed by atoms with Crippen LogP contribution in [-0.2, 0) is 13.1 Å². The van der Waals surface area contributed by atoms with E-state index in [9.17, 15) is 0 Å². The van der Waals surface area contributed by atoms with E-state index >= 15 is 0 Å². The highest BCUT2D eigenvalue weighted by atomic mass is 32.1. The largest absolute Gasteiger partial charge is 0.497 e. The Morgan fingerprint density at radius 3 is 2.52 bits per heavy atom. The normalized spacial score (nSPS) is 16.0. The van der Waals surface area contributed by atoms with Gasteiger partial charge < -0.3 is 4.74 Å². The number of piperazine rings is 1. The molecule has 0 N–H and O–H groups in total. The second-order valence-corrected chi connectivity index (χ2v) is 9.11. The van der Waals surface area contributed by atoms with Crippen LogP contribution < -0.4 is 4.74 Å². The third kappa shape index (κ3) is 5.11. The summed E-state index contributed by atoms with van der Waals surface area (Å²) in [5.74, 6) is 1.73. The van der Waals surface area contributed by atoms with Crippen molar-refractivity contribution in [2.45, 2.75) is 19.1 Å². The van der Waals surface area contributed by atoms with Crippen LogP contribution in [0.3, 0.4) is 0 Å². The molecule has 1 unspecified atom stereocenters. The van der Waals surface area contributed by atoms with Gasteiger partial charge in [0.15, 0.2) is 5.82 Å². The molecule has 1 aliphatic rings. The number of hydrogen-bond donors (Lipinski definition) is 0. The second kappa shape index (κ2) is 10.2. The minimum atomic E-state index is 0.0405. The summed E-state index contributed by atoms with van der Waals surface area (Å²) in [5, 5.41) is 15.0. The SMILES string of the molecule is COc1ccc(Cn2nnnc2C(c2cccs2)N2CCN(Cc3cccnc3)CC2)cc1. The molecule has 0 saturated carbocycles. The Balaban J connectivity index is 1.33. The number of hydrogen-bond acceptors (Lipinski definition) is 8. The summed E-state index contributed by atoms with van der Waals surface area (Å²) in [6, 6.07) is 16.5. The van der Waals surface area contributed by atoms with E-state index in [1.54, 1.807) is 18.4 Å². The van der Waals surface area contributed by atoms with Crippen LogP contribution in [0.5, 0.6) is 5.75 Å². The van der Waals surface area contributed by atoms with Gasteiger partial charge in [-0.1, -0.05) is 24.3 Å². The summed E-state index contributed by atoms with van der Waals surface area (Å²) in [7, 11) is 1.68. The van der Waals surface area contributed by atoms with Gasteiger partial charge in [-0.15, -0.1) is 16.4 Å². The molecule has 9 heteroatoms. The average molecular weight is 462 g/mol. The molecule has 0 amide bonds. The van der Waals surface area contributed by atoms with Crippen molar-refractivity contribution in [1.82, 2.24) is 35.0 Å². The predicted octanol–water partition coefficient (Wildman–Crippen LogP) is 3.09. The molecule has 4 aromatic rings. The maximum atomic E-state index is 5.28. The summed E-state index contributed by atoms with van der Waals surface area (Å²) in [6.07, 6.45) is 3.78. The van der Waals surface area contributed by atoms with Gasteiger partial charge in [0.2, 0.25) is 0 Å². The second-order valence-electron chi connectivity index (χ2n) is 8.13. The van der Waals surface area contributed by atoms with Crippen molar-refractivity contribution in [3.63, 3.8) is 0 Å². The van der Waals surface area contributed by atoms with Crippen molar-refractivity contribution >= 4 is 11.3 Å². The first-order valence-electron chi connectivity index (χ1n) is 11.1. The van der Waals surface area contributed by atoms with Crippen molar-refractivity contribution in [1.29, 1.82) is 0 Å². The van der Waals surface area contributed by atoms with Gasteiger partial charge in [-0.2, -0.15) is 0 Å². The average Bonchev–Trinajstić information content (AvgIpc) is 3.55. The molecule has 170 valence electrons. The van der Waals surface area contributed by atoms with E-state index in [0.717, 1.165) is 49.9 Å². The summed E-state index contributed by atoms with van der Waals surface area (Å²) >= 11 is 1.76. The number of aromatic nitrogens is 5. The molecule has 0 aliphatic carbocycles. The number of rotatable bonds is 8. The van der Waals surface area contributed by atoms with Gasteiger partial charge in [0.25, 0.3) is 0 Å². The van der Waals surface area contributed by atoms with E-state index in [2.05, 4.69) is 66.0 Å². The fourth-order valence-electron chi connectivity index (χ4n) is 4.27. The lowest BCUT2D eigenvalue weighted by Gasteiger charge is -2.38. The van der Waals surface area contributed by atoms with Gasteiger partial charge in [0.1, 0.15) is 11.8 Å². The molecule has 3 aromatic heterocycles. The molecule has 0 radical (unpaired) electrons. The third-order valence-corrected chi connectivity index (χ3v) is 6.93. The highest BCUT2D eigenvalue weighted by molar-refractivity contribution is 7.10. The van der Waals surface area contributed by atoms with Crippen LogP contribution in [-0.4, -0.2) is 68.3 Å². The molecule has 1 saturated heterocycles. The summed E-state index contributed by atoms with van der Waals surface area (Å²) in [6.45, 7) is 5.46. The van der Waals surface area contributed by atoms with Crippen molar-refractivity contribution in [3.8, 4) is 5.75 Å². The third-order valence-electron chi connectivity index (χ3n) is 6.01. The smallest absolute Gasteiger partial charge is 0.174 e. The van der Waals surface area contributed by atoms with Crippen molar-refractivity contribution in [2.75, 3.05) is 33.3 Å². The Morgan fingerprint density at radius 2 is 1.82 bits per heavy atom. The zero-order valence-corrected chi connectivity index (χ0v) is 19.4. The molecule has 1 aromatic carbocycles. The molecular formula is C24H27N7OS. The van der Waals surface area contributed by atoms with Gasteiger partial charge in [-0.3, -0.25) is 14.8 Å². The molecule has 1 atom stereocenters. The lowest BCUT2D eigenvalue weighted by Crippen LogP contribution is -2.47. The summed E-state index contributed by atoms with van der Waals surface area (Å²) in [4.78, 5) is 10.5. The highest BCUT2D eigenvalue weighted by Crippen LogP contribution is 2.31. The highest BCUT2D eigenvalue weighted by Gasteiger charge is 2.31. The topological polar surface area (TPSA) is 72.2 Å². The van der Waals surface area contributed by atoms with Crippen LogP contribution in [0.2, 0.25) is 0 Å². The maximum absolute atomic E-state index is 5.28. The van der Waals surface area contributed by atoms with Crippen LogP contribution in [0.15, 0.2) is 66.3 Å². The maximum Gasteiger partial charge on any atom is 0.174 e. The van der Waals surface area contributed by atoms with Crippen molar-refractivity contribution < 1.29 is 4.74 Å². The van der Waals surface area contributed by atoms with Crippen LogP contribution >= 0.6 is 11.3 Å². The monoisotopic (exact) mass is 461 g/mol. The van der Waals surface area contributed by atoms with Crippen LogP contribution in [0.1, 0.15) is 27.9 Å². The van der Waals surface area contributed by atoms with Gasteiger partial charge >= 0.3 is 0 Å². The van der Waals surface area contributed by atoms with Gasteiger partial charge in [-0.25, -0.2) is 4.68 Å². The predicted molar refractivity (Wildman–Crippen MR) is 127 cm³/mol. The van der Waals surface area contributed by atoms with Crippen LogP contribution in [0.25, 0.3) is 0 Å². The zero-order valence-electron chi connectivity index (χ0n) is 18.6. The van der Waals surface area contributed by atoms with E-state index in [1.807, 2.05) is 35.3 Å². The van der Waals surface area contributed by atoms with E-state index in [4.69, 9.17) is 4.74 Å². The number of methoxy groups -OCH3 is 1. The Morgan fingerprint density at radius 1 is 0.970 bits per heavy atom. The number of ether oxygens (including phenoxy) is 1. The van der Waals surface area contributed by atoms with E-state index < -0.39 is 0 Å². The fourth-order valence-corrected chi connectivity index (χ4v) is 5.13. The molecule has 1 aliphatic heterocycles. The molecule has 8 nitrogen and oxygen atoms in total. The summed E-state index contributed by atoms with van der Waals surface area (Å²) in [5.41, 5.74) is 2.39. The fraction of sp³-hybridized carbons (Fsp3) is 0.333. The van der Waals surface area contributed by atoms with Crippen LogP contribution in [0.4, 0.5) is 0 Å². The zero-order chi connectivity index (χ0) is 22.5. The lowest BCUT2D eigenvalue weighted by atomic mass is 10.1. The minimum Gasteiger partial charge on any atom is -0.497 e. The van der Waals surface area contributed by atoms with E-state index in [-0.39, 0.29) is 6.04 Å². The van der Waals surface area contributed by atoms with Gasteiger partial charge in [-0.05, 0) is 51.2 Å². The standard InChI is InChI=1S/C24H27N7OS/c1-32-21-8-6-19(7-9-21)18-31-24(26-27-28-31)23(22-5-3-15-33-22)30-13-11-29(12-14-30)17-20-4-2-10-25-16-20/h2-10,15-16,23H,11-14,17-18H2,1H3. The van der Waals surface area contributed by atoms with Gasteiger partial charge in [0.05, 0.1) is 13.7 Å². The lowest BCUT2D eigenvalue weighted by molar-refractivity contribution is 0.101. The summed E-state index contributed by atoms with van der Waals surface area (Å²) < 4.78 is 7.21. The Labute approximate surface area is 197 Å². The number of pyridine rings is 1.